The van der Waals surface area contributed by atoms with Crippen LogP contribution in [0.25, 0.3) is 0 Å². The number of rotatable bonds is 7. The van der Waals surface area contributed by atoms with E-state index >= 15 is 0 Å². The van der Waals surface area contributed by atoms with Crippen LogP contribution in [0.1, 0.15) is 80.2 Å². The van der Waals surface area contributed by atoms with Gasteiger partial charge in [0.2, 0.25) is 0 Å². The first-order valence-electron chi connectivity index (χ1n) is 18.0. The van der Waals surface area contributed by atoms with E-state index in [-0.39, 0.29) is 37.3 Å². The molecule has 1 aromatic rings. The topological polar surface area (TPSA) is 171 Å². The molecule has 0 spiro atoms. The molecule has 3 rings (SSSR count). The van der Waals surface area contributed by atoms with E-state index in [0.29, 0.717) is 18.5 Å². The van der Waals surface area contributed by atoms with E-state index in [1.54, 1.807) is 59.1 Å². The Balaban J connectivity index is 2.13. The van der Waals surface area contributed by atoms with Crippen LogP contribution in [0.15, 0.2) is 24.5 Å². The minimum Gasteiger partial charge on any atom is -0.461 e. The molecule has 1 aromatic heterocycles. The molecule has 13 heteroatoms. The van der Waals surface area contributed by atoms with Gasteiger partial charge < -0.3 is 49.2 Å². The van der Waals surface area contributed by atoms with Crippen LogP contribution in [0.3, 0.4) is 0 Å². The first-order chi connectivity index (χ1) is 23.2. The molecule has 0 amide bonds. The van der Waals surface area contributed by atoms with Gasteiger partial charge in [-0.25, -0.2) is 0 Å². The van der Waals surface area contributed by atoms with Gasteiger partial charge in [-0.1, -0.05) is 26.8 Å². The molecule has 2 aliphatic rings. The van der Waals surface area contributed by atoms with E-state index in [1.807, 2.05) is 44.8 Å². The van der Waals surface area contributed by atoms with Crippen LogP contribution in [-0.4, -0.2) is 141 Å². The number of aliphatic hydroxyl groups excluding tert-OH is 2. The minimum atomic E-state index is -1.81. The fourth-order valence-electron chi connectivity index (χ4n) is 7.80. The van der Waals surface area contributed by atoms with Gasteiger partial charge in [-0.15, -0.1) is 0 Å². The zero-order chi connectivity index (χ0) is 37.7. The average molecular weight is 710 g/mol. The van der Waals surface area contributed by atoms with Gasteiger partial charge >= 0.3 is 11.9 Å². The lowest BCUT2D eigenvalue weighted by atomic mass is 9.77. The highest BCUT2D eigenvalue weighted by molar-refractivity contribution is 5.76. The van der Waals surface area contributed by atoms with E-state index in [4.69, 9.17) is 18.9 Å². The van der Waals surface area contributed by atoms with Crippen LogP contribution in [0, 0.1) is 17.8 Å². The van der Waals surface area contributed by atoms with E-state index in [9.17, 15) is 30.0 Å². The molecule has 4 N–H and O–H groups in total. The summed E-state index contributed by atoms with van der Waals surface area (Å²) in [5, 5.41) is 46.8. The summed E-state index contributed by atoms with van der Waals surface area (Å²) >= 11 is 0. The molecule has 2 fully saturated rings. The lowest BCUT2D eigenvalue weighted by molar-refractivity contribution is -0.299. The molecule has 50 heavy (non-hydrogen) atoms. The maximum absolute atomic E-state index is 14.0. The summed E-state index contributed by atoms with van der Waals surface area (Å²) in [6.45, 7) is 14.2. The number of hydrogen-bond acceptors (Lipinski definition) is 13. The zero-order valence-electron chi connectivity index (χ0n) is 31.9. The molecule has 2 aliphatic heterocycles. The standard InChI is InChI=1S/C37H63N3O10/c1-12-28-37(8,46)32(43)25(6)40(11)20-21(2)18-36(7,45)33(50-35-30(42)27(39(9)10)16-22(3)47-35)23(4)31(24(5)34(44)48-28)49-29(41)17-26-14-13-15-38-19-26/h13-15,19,21-25,27-28,30-33,35,42-43,45-46H,12,16-18,20H2,1-11H3/t21-,22-,23+,24-,25-,27+,28-,30-,31+,32-,33-,35+,36+,37-/m1/s1. The van der Waals surface area contributed by atoms with Crippen LogP contribution >= 0.6 is 0 Å². The number of nitrogens with zero attached hydrogens (tertiary/aromatic N) is 3. The number of ether oxygens (including phenoxy) is 4. The normalized spacial score (nSPS) is 41.6. The number of aromatic nitrogens is 1. The first-order valence-corrected chi connectivity index (χ1v) is 18.0. The van der Waals surface area contributed by atoms with Gasteiger partial charge in [0.25, 0.3) is 0 Å². The average Bonchev–Trinajstić information content (AvgIpc) is 3.04. The molecule has 0 radical (unpaired) electrons. The monoisotopic (exact) mass is 709 g/mol. The van der Waals surface area contributed by atoms with Crippen molar-refractivity contribution in [3.8, 4) is 0 Å². The summed E-state index contributed by atoms with van der Waals surface area (Å²) in [4.78, 5) is 35.4. The summed E-state index contributed by atoms with van der Waals surface area (Å²) in [6.07, 6.45) is -3.11. The van der Waals surface area contributed by atoms with Crippen molar-refractivity contribution < 1.29 is 49.0 Å². The summed E-state index contributed by atoms with van der Waals surface area (Å²) in [5.41, 5.74) is -2.79. The van der Waals surface area contributed by atoms with Gasteiger partial charge in [0.1, 0.15) is 30.0 Å². The molecule has 0 aliphatic carbocycles. The van der Waals surface area contributed by atoms with Gasteiger partial charge in [0.15, 0.2) is 6.29 Å². The molecule has 14 atom stereocenters. The fourth-order valence-corrected chi connectivity index (χ4v) is 7.80. The number of hydrogen-bond donors (Lipinski definition) is 4. The van der Waals surface area contributed by atoms with Crippen LogP contribution in [0.2, 0.25) is 0 Å². The van der Waals surface area contributed by atoms with Crippen molar-refractivity contribution in [2.45, 2.75) is 147 Å². The Morgan fingerprint density at radius 3 is 2.38 bits per heavy atom. The maximum atomic E-state index is 14.0. The third-order valence-electron chi connectivity index (χ3n) is 10.8. The quantitative estimate of drug-likeness (QED) is 0.304. The highest BCUT2D eigenvalue weighted by Gasteiger charge is 2.51. The van der Waals surface area contributed by atoms with E-state index in [0.717, 1.165) is 0 Å². The molecule has 0 aromatic carbocycles. The predicted octanol–water partition coefficient (Wildman–Crippen LogP) is 2.16. The summed E-state index contributed by atoms with van der Waals surface area (Å²) in [7, 11) is 5.56. The second-order valence-electron chi connectivity index (χ2n) is 15.6. The highest BCUT2D eigenvalue weighted by Crippen LogP contribution is 2.37. The zero-order valence-corrected chi connectivity index (χ0v) is 31.9. The molecule has 3 heterocycles. The Hall–Kier alpha value is -2.23. The summed E-state index contributed by atoms with van der Waals surface area (Å²) in [6, 6.07) is 2.62. The lowest BCUT2D eigenvalue weighted by Crippen LogP contribution is -2.59. The van der Waals surface area contributed by atoms with Crippen molar-refractivity contribution in [1.29, 1.82) is 0 Å². The number of pyridine rings is 1. The minimum absolute atomic E-state index is 0.118. The molecular weight excluding hydrogens is 646 g/mol. The van der Waals surface area contributed by atoms with Crippen LogP contribution in [-0.2, 0) is 35.0 Å². The first kappa shape index (κ1) is 42.2. The number of esters is 2. The van der Waals surface area contributed by atoms with Crippen molar-refractivity contribution in [3.05, 3.63) is 30.1 Å². The summed E-state index contributed by atoms with van der Waals surface area (Å²) in [5.74, 6) is -3.48. The molecule has 2 saturated heterocycles. The maximum Gasteiger partial charge on any atom is 0.312 e. The number of carbonyl (C=O) groups excluding carboxylic acids is 2. The Morgan fingerprint density at radius 2 is 1.80 bits per heavy atom. The third kappa shape index (κ3) is 10.2. The highest BCUT2D eigenvalue weighted by atomic mass is 16.7. The lowest BCUT2D eigenvalue weighted by Gasteiger charge is -2.47. The molecular formula is C37H63N3O10. The predicted molar refractivity (Wildman–Crippen MR) is 187 cm³/mol. The van der Waals surface area contributed by atoms with Crippen molar-refractivity contribution in [2.24, 2.45) is 17.8 Å². The Bertz CT molecular complexity index is 1230. The molecule has 0 saturated carbocycles. The van der Waals surface area contributed by atoms with Crippen molar-refractivity contribution >= 4 is 11.9 Å². The van der Waals surface area contributed by atoms with Crippen LogP contribution in [0.5, 0.6) is 0 Å². The Kier molecular flexibility index (Phi) is 14.8. The largest absolute Gasteiger partial charge is 0.461 e. The van der Waals surface area contributed by atoms with E-state index in [2.05, 4.69) is 4.98 Å². The van der Waals surface area contributed by atoms with Crippen molar-refractivity contribution in [1.82, 2.24) is 14.8 Å². The smallest absolute Gasteiger partial charge is 0.312 e. The molecule has 0 bridgehead atoms. The molecule has 0 unspecified atom stereocenters. The van der Waals surface area contributed by atoms with Gasteiger partial charge in [-0.3, -0.25) is 14.6 Å². The Morgan fingerprint density at radius 1 is 1.14 bits per heavy atom. The van der Waals surface area contributed by atoms with Gasteiger partial charge in [-0.2, -0.15) is 0 Å². The van der Waals surface area contributed by atoms with Gasteiger partial charge in [0, 0.05) is 36.9 Å². The van der Waals surface area contributed by atoms with Crippen molar-refractivity contribution in [3.63, 3.8) is 0 Å². The number of aliphatic hydroxyl groups is 4. The SMILES string of the molecule is CC[C@H]1OC(=O)[C@H](C)[C@@H](OC(=O)Cc2cccnc2)[C@H](C)[C@@H](O[C@@H]2O[C@H](C)C[C@H](N(C)C)[C@H]2O)[C@@](C)(O)C[C@@H](C)CN(C)[C@H](C)[C@@H](O)[C@]1(C)O. The molecule has 13 nitrogen and oxygen atoms in total. The van der Waals surface area contributed by atoms with Gasteiger partial charge in [-0.05, 0) is 92.6 Å². The summed E-state index contributed by atoms with van der Waals surface area (Å²) < 4.78 is 24.8. The van der Waals surface area contributed by atoms with Crippen molar-refractivity contribution in [2.75, 3.05) is 27.7 Å². The number of carbonyl (C=O) groups is 2. The number of cyclic esters (lactones) is 1. The second kappa shape index (κ2) is 17.5. The van der Waals surface area contributed by atoms with Crippen LogP contribution < -0.4 is 0 Å². The van der Waals surface area contributed by atoms with E-state index in [1.165, 1.54) is 6.92 Å². The third-order valence-corrected chi connectivity index (χ3v) is 10.8. The van der Waals surface area contributed by atoms with Gasteiger partial charge in [0.05, 0.1) is 30.1 Å². The number of likely N-dealkylation sites (N-methyl/N-ethyl adjacent to an activating group) is 2. The molecule has 286 valence electrons. The Labute approximate surface area is 298 Å². The fraction of sp³-hybridized carbons (Fsp3) is 0.811. The van der Waals surface area contributed by atoms with E-state index < -0.39 is 77.8 Å². The second-order valence-corrected chi connectivity index (χ2v) is 15.6. The van der Waals surface area contributed by atoms with Crippen LogP contribution in [0.4, 0.5) is 0 Å².